The molecule has 1 amide bonds. The first-order valence-electron chi connectivity index (χ1n) is 7.10. The van der Waals surface area contributed by atoms with Gasteiger partial charge in [-0.15, -0.1) is 0 Å². The summed E-state index contributed by atoms with van der Waals surface area (Å²) in [7, 11) is 0. The van der Waals surface area contributed by atoms with Crippen molar-refractivity contribution in [3.63, 3.8) is 0 Å². The van der Waals surface area contributed by atoms with Gasteiger partial charge in [0.15, 0.2) is 5.16 Å². The molecular formula is C17H16N4OS. The number of hydrogen-bond donors (Lipinski definition) is 1. The smallest absolute Gasteiger partial charge is 0.275 e. The van der Waals surface area contributed by atoms with E-state index in [1.807, 2.05) is 54.1 Å². The molecule has 0 aliphatic heterocycles. The molecule has 6 heteroatoms. The number of aryl methyl sites for hydroxylation is 1. The van der Waals surface area contributed by atoms with E-state index in [2.05, 4.69) is 15.3 Å². The van der Waals surface area contributed by atoms with E-state index in [0.29, 0.717) is 11.5 Å². The third-order valence-corrected chi connectivity index (χ3v) is 3.97. The number of imidazole rings is 1. The van der Waals surface area contributed by atoms with Crippen molar-refractivity contribution in [1.29, 1.82) is 0 Å². The van der Waals surface area contributed by atoms with Crippen molar-refractivity contribution >= 4 is 23.5 Å². The number of carbonyl (C=O) groups excluding carboxylic acids is 1. The van der Waals surface area contributed by atoms with E-state index in [9.17, 15) is 4.79 Å². The topological polar surface area (TPSA) is 59.8 Å². The lowest BCUT2D eigenvalue weighted by Crippen LogP contribution is -2.17. The standard InChI is InChI=1S/C17H16N4OS/c1-12-8-9-15(18-10-12)20-16(22)14-11-19-17(23-2)21(14)13-6-4-3-5-7-13/h3-11H,1-2H3,(H,18,20,22). The van der Waals surface area contributed by atoms with Gasteiger partial charge in [-0.25, -0.2) is 9.97 Å². The molecule has 0 fully saturated rings. The van der Waals surface area contributed by atoms with Gasteiger partial charge < -0.3 is 5.32 Å². The summed E-state index contributed by atoms with van der Waals surface area (Å²) < 4.78 is 1.84. The minimum Gasteiger partial charge on any atom is -0.305 e. The van der Waals surface area contributed by atoms with Gasteiger partial charge in [0.25, 0.3) is 5.91 Å². The maximum Gasteiger partial charge on any atom is 0.275 e. The lowest BCUT2D eigenvalue weighted by atomic mass is 10.3. The van der Waals surface area contributed by atoms with E-state index in [4.69, 9.17) is 0 Å². The second-order valence-electron chi connectivity index (χ2n) is 4.98. The van der Waals surface area contributed by atoms with Crippen LogP contribution in [0.2, 0.25) is 0 Å². The molecule has 2 aromatic heterocycles. The number of aromatic nitrogens is 3. The van der Waals surface area contributed by atoms with Gasteiger partial charge in [-0.05, 0) is 36.9 Å². The highest BCUT2D eigenvalue weighted by atomic mass is 32.2. The first-order chi connectivity index (χ1) is 11.2. The Labute approximate surface area is 138 Å². The summed E-state index contributed by atoms with van der Waals surface area (Å²) in [6, 6.07) is 13.4. The van der Waals surface area contributed by atoms with Crippen molar-refractivity contribution in [2.24, 2.45) is 0 Å². The van der Waals surface area contributed by atoms with Crippen molar-refractivity contribution in [2.45, 2.75) is 12.1 Å². The second kappa shape index (κ2) is 6.66. The van der Waals surface area contributed by atoms with Crippen LogP contribution in [0.25, 0.3) is 5.69 Å². The number of benzene rings is 1. The van der Waals surface area contributed by atoms with Gasteiger partial charge in [0, 0.05) is 11.9 Å². The molecule has 0 aliphatic carbocycles. The molecule has 0 aliphatic rings. The lowest BCUT2D eigenvalue weighted by molar-refractivity contribution is 0.101. The number of amides is 1. The van der Waals surface area contributed by atoms with E-state index in [0.717, 1.165) is 16.4 Å². The molecule has 3 rings (SSSR count). The fraction of sp³-hybridized carbons (Fsp3) is 0.118. The molecule has 2 heterocycles. The second-order valence-corrected chi connectivity index (χ2v) is 5.75. The molecule has 0 saturated carbocycles. The zero-order valence-electron chi connectivity index (χ0n) is 12.9. The Morgan fingerprint density at radius 2 is 1.87 bits per heavy atom. The van der Waals surface area contributed by atoms with Gasteiger partial charge in [0.2, 0.25) is 0 Å². The summed E-state index contributed by atoms with van der Waals surface area (Å²) in [6.45, 7) is 1.95. The van der Waals surface area contributed by atoms with Crippen LogP contribution in [0.5, 0.6) is 0 Å². The first-order valence-corrected chi connectivity index (χ1v) is 8.32. The normalized spacial score (nSPS) is 10.5. The number of thioether (sulfide) groups is 1. The molecule has 23 heavy (non-hydrogen) atoms. The minimum atomic E-state index is -0.238. The van der Waals surface area contributed by atoms with Gasteiger partial charge in [-0.3, -0.25) is 9.36 Å². The molecule has 0 spiro atoms. The number of hydrogen-bond acceptors (Lipinski definition) is 4. The van der Waals surface area contributed by atoms with Crippen molar-refractivity contribution in [3.8, 4) is 5.69 Å². The van der Waals surface area contributed by atoms with Crippen LogP contribution in [0, 0.1) is 6.92 Å². The molecule has 0 saturated heterocycles. The number of anilines is 1. The van der Waals surface area contributed by atoms with Crippen molar-refractivity contribution < 1.29 is 4.79 Å². The number of para-hydroxylation sites is 1. The van der Waals surface area contributed by atoms with Crippen LogP contribution in [0.3, 0.4) is 0 Å². The summed E-state index contributed by atoms with van der Waals surface area (Å²) >= 11 is 1.49. The number of nitrogens with one attached hydrogen (secondary N) is 1. The monoisotopic (exact) mass is 324 g/mol. The van der Waals surface area contributed by atoms with Crippen LogP contribution in [0.15, 0.2) is 60.0 Å². The fourth-order valence-electron chi connectivity index (χ4n) is 2.19. The highest BCUT2D eigenvalue weighted by Crippen LogP contribution is 2.22. The Bertz CT molecular complexity index is 812. The summed E-state index contributed by atoms with van der Waals surface area (Å²) in [4.78, 5) is 21.1. The molecule has 1 N–H and O–H groups in total. The maximum atomic E-state index is 12.6. The minimum absolute atomic E-state index is 0.238. The van der Waals surface area contributed by atoms with Crippen molar-refractivity contribution in [3.05, 3.63) is 66.1 Å². The molecule has 5 nitrogen and oxygen atoms in total. The number of nitrogens with zero attached hydrogens (tertiary/aromatic N) is 3. The van der Waals surface area contributed by atoms with Crippen LogP contribution in [-0.4, -0.2) is 26.7 Å². The Balaban J connectivity index is 1.95. The Kier molecular flexibility index (Phi) is 4.43. The summed E-state index contributed by atoms with van der Waals surface area (Å²) in [6.07, 6.45) is 5.24. The molecule has 0 atom stereocenters. The first kappa shape index (κ1) is 15.3. The van der Waals surface area contributed by atoms with Crippen molar-refractivity contribution in [2.75, 3.05) is 11.6 Å². The highest BCUT2D eigenvalue weighted by molar-refractivity contribution is 7.98. The van der Waals surface area contributed by atoms with E-state index < -0.39 is 0 Å². The predicted molar refractivity (Wildman–Crippen MR) is 92.3 cm³/mol. The molecule has 116 valence electrons. The van der Waals surface area contributed by atoms with E-state index >= 15 is 0 Å². The van der Waals surface area contributed by atoms with Gasteiger partial charge in [-0.2, -0.15) is 0 Å². The Hall–Kier alpha value is -2.60. The number of rotatable bonds is 4. The fourth-order valence-corrected chi connectivity index (χ4v) is 2.73. The zero-order chi connectivity index (χ0) is 16.2. The van der Waals surface area contributed by atoms with Crippen LogP contribution in [0.1, 0.15) is 16.1 Å². The average molecular weight is 324 g/mol. The quantitative estimate of drug-likeness (QED) is 0.746. The van der Waals surface area contributed by atoms with Gasteiger partial charge in [0.1, 0.15) is 11.5 Å². The van der Waals surface area contributed by atoms with Crippen molar-refractivity contribution in [1.82, 2.24) is 14.5 Å². The summed E-state index contributed by atoms with van der Waals surface area (Å²) in [5.74, 6) is 0.283. The van der Waals surface area contributed by atoms with Gasteiger partial charge in [0.05, 0.1) is 6.20 Å². The number of carbonyl (C=O) groups is 1. The predicted octanol–water partition coefficient (Wildman–Crippen LogP) is 3.55. The van der Waals surface area contributed by atoms with Crippen LogP contribution < -0.4 is 5.32 Å². The SMILES string of the molecule is CSc1ncc(C(=O)Nc2ccc(C)cn2)n1-c1ccccc1. The maximum absolute atomic E-state index is 12.6. The summed E-state index contributed by atoms with van der Waals surface area (Å²) in [5, 5.41) is 3.58. The van der Waals surface area contributed by atoms with Crippen LogP contribution >= 0.6 is 11.8 Å². The highest BCUT2D eigenvalue weighted by Gasteiger charge is 2.17. The molecule has 1 aromatic carbocycles. The van der Waals surface area contributed by atoms with E-state index in [1.54, 1.807) is 18.5 Å². The van der Waals surface area contributed by atoms with Gasteiger partial charge >= 0.3 is 0 Å². The van der Waals surface area contributed by atoms with Crippen LogP contribution in [-0.2, 0) is 0 Å². The third-order valence-electron chi connectivity index (χ3n) is 3.31. The van der Waals surface area contributed by atoms with E-state index in [1.165, 1.54) is 11.8 Å². The van der Waals surface area contributed by atoms with E-state index in [-0.39, 0.29) is 5.91 Å². The molecule has 0 radical (unpaired) electrons. The molecule has 0 unspecified atom stereocenters. The lowest BCUT2D eigenvalue weighted by Gasteiger charge is -2.11. The Morgan fingerprint density at radius 1 is 1.09 bits per heavy atom. The van der Waals surface area contributed by atoms with Gasteiger partial charge in [-0.1, -0.05) is 36.0 Å². The Morgan fingerprint density at radius 3 is 2.52 bits per heavy atom. The third kappa shape index (κ3) is 3.27. The van der Waals surface area contributed by atoms with Crippen LogP contribution in [0.4, 0.5) is 5.82 Å². The average Bonchev–Trinajstić information content (AvgIpc) is 3.02. The number of pyridine rings is 1. The molecular weight excluding hydrogens is 308 g/mol. The summed E-state index contributed by atoms with van der Waals surface area (Å²) in [5.41, 5.74) is 2.42. The zero-order valence-corrected chi connectivity index (χ0v) is 13.7. The molecule has 0 bridgehead atoms. The largest absolute Gasteiger partial charge is 0.305 e. The molecule has 3 aromatic rings.